The number of carbonyl (C=O) groups excluding carboxylic acids is 1. The Hall–Kier alpha value is -1.70. The molecule has 0 fully saturated rings. The number of carbonyl (C=O) groups is 1. The van der Waals surface area contributed by atoms with E-state index in [1.165, 1.54) is 25.3 Å². The Balaban J connectivity index is 2.38. The highest BCUT2D eigenvalue weighted by Gasteiger charge is 2.11. The van der Waals surface area contributed by atoms with Crippen LogP contribution in [0.4, 0.5) is 15.8 Å². The molecule has 0 aliphatic heterocycles. The summed E-state index contributed by atoms with van der Waals surface area (Å²) in [4.78, 5) is 13.6. The van der Waals surface area contributed by atoms with Crippen molar-refractivity contribution in [2.75, 3.05) is 44.9 Å². The fourth-order valence-corrected chi connectivity index (χ4v) is 1.84. The van der Waals surface area contributed by atoms with Gasteiger partial charge in [0.15, 0.2) is 0 Å². The van der Waals surface area contributed by atoms with Gasteiger partial charge in [0.1, 0.15) is 5.82 Å². The second kappa shape index (κ2) is 8.56. The molecule has 0 aliphatic carbocycles. The van der Waals surface area contributed by atoms with Crippen molar-refractivity contribution in [3.63, 3.8) is 0 Å². The summed E-state index contributed by atoms with van der Waals surface area (Å²) in [5, 5.41) is 12.0. The summed E-state index contributed by atoms with van der Waals surface area (Å²) < 4.78 is 18.3. The Bertz CT molecular complexity index is 471. The first-order valence-electron chi connectivity index (χ1n) is 6.62. The van der Waals surface area contributed by atoms with E-state index in [0.29, 0.717) is 18.8 Å². The fourth-order valence-electron chi connectivity index (χ4n) is 1.84. The van der Waals surface area contributed by atoms with Gasteiger partial charge in [-0.2, -0.15) is 0 Å². The van der Waals surface area contributed by atoms with E-state index in [-0.39, 0.29) is 24.6 Å². The van der Waals surface area contributed by atoms with E-state index in [0.717, 1.165) is 0 Å². The third-order valence-electron chi connectivity index (χ3n) is 2.87. The van der Waals surface area contributed by atoms with E-state index in [9.17, 15) is 14.3 Å². The summed E-state index contributed by atoms with van der Waals surface area (Å²) in [6.07, 6.45) is -0.417. The normalized spacial score (nSPS) is 12.4. The van der Waals surface area contributed by atoms with E-state index in [4.69, 9.17) is 10.5 Å². The molecule has 1 aromatic carbocycles. The minimum atomic E-state index is -0.602. The van der Waals surface area contributed by atoms with Crippen LogP contribution in [0.25, 0.3) is 0 Å². The van der Waals surface area contributed by atoms with Gasteiger partial charge >= 0.3 is 0 Å². The molecule has 1 atom stereocenters. The van der Waals surface area contributed by atoms with E-state index >= 15 is 0 Å². The van der Waals surface area contributed by atoms with E-state index in [2.05, 4.69) is 5.32 Å². The fraction of sp³-hybridized carbons (Fsp3) is 0.500. The van der Waals surface area contributed by atoms with Crippen LogP contribution < -0.4 is 11.1 Å². The van der Waals surface area contributed by atoms with Crippen molar-refractivity contribution in [3.05, 3.63) is 24.0 Å². The Kier molecular flexibility index (Phi) is 7.07. The molecule has 0 saturated carbocycles. The van der Waals surface area contributed by atoms with Crippen LogP contribution in [-0.4, -0.2) is 55.9 Å². The molecule has 0 saturated heterocycles. The van der Waals surface area contributed by atoms with Gasteiger partial charge in [0, 0.05) is 32.3 Å². The van der Waals surface area contributed by atoms with Crippen molar-refractivity contribution >= 4 is 17.3 Å². The SMILES string of the molecule is COCC(O)CN(C)CCC(=O)Nc1cc(N)ccc1F. The number of halogens is 1. The van der Waals surface area contributed by atoms with Crippen LogP contribution in [0.1, 0.15) is 6.42 Å². The van der Waals surface area contributed by atoms with Crippen LogP contribution in [0.2, 0.25) is 0 Å². The zero-order valence-electron chi connectivity index (χ0n) is 12.3. The maximum absolute atomic E-state index is 13.5. The molecule has 0 aliphatic rings. The van der Waals surface area contributed by atoms with Gasteiger partial charge in [0.25, 0.3) is 0 Å². The van der Waals surface area contributed by atoms with Crippen molar-refractivity contribution in [2.45, 2.75) is 12.5 Å². The largest absolute Gasteiger partial charge is 0.399 e. The minimum absolute atomic E-state index is 0.0714. The number of amides is 1. The standard InChI is InChI=1S/C14H22FN3O3/c1-18(8-11(19)9-21-2)6-5-14(20)17-13-7-10(16)3-4-12(13)15/h3-4,7,11,19H,5-6,8-9,16H2,1-2H3,(H,17,20). The molecule has 1 aromatic rings. The van der Waals surface area contributed by atoms with Crippen molar-refractivity contribution in [1.29, 1.82) is 0 Å². The zero-order valence-corrected chi connectivity index (χ0v) is 12.3. The Morgan fingerprint density at radius 2 is 2.29 bits per heavy atom. The summed E-state index contributed by atoms with van der Waals surface area (Å²) in [6.45, 7) is 1.08. The molecule has 1 amide bonds. The van der Waals surface area contributed by atoms with Gasteiger partial charge in [-0.05, 0) is 25.2 Å². The lowest BCUT2D eigenvalue weighted by molar-refractivity contribution is -0.116. The number of aliphatic hydroxyl groups excluding tert-OH is 1. The van der Waals surface area contributed by atoms with Crippen molar-refractivity contribution in [2.24, 2.45) is 0 Å². The molecule has 0 aromatic heterocycles. The monoisotopic (exact) mass is 299 g/mol. The van der Waals surface area contributed by atoms with Gasteiger partial charge in [-0.25, -0.2) is 4.39 Å². The molecule has 4 N–H and O–H groups in total. The number of methoxy groups -OCH3 is 1. The van der Waals surface area contributed by atoms with Gasteiger partial charge in [-0.3, -0.25) is 4.79 Å². The quantitative estimate of drug-likeness (QED) is 0.614. The number of ether oxygens (including phenoxy) is 1. The second-order valence-electron chi connectivity index (χ2n) is 4.91. The lowest BCUT2D eigenvalue weighted by atomic mass is 10.2. The van der Waals surface area contributed by atoms with Crippen LogP contribution >= 0.6 is 0 Å². The summed E-state index contributed by atoms with van der Waals surface area (Å²) in [6, 6.07) is 4.01. The van der Waals surface area contributed by atoms with Gasteiger partial charge in [0.2, 0.25) is 5.91 Å². The first-order chi connectivity index (χ1) is 9.92. The number of anilines is 2. The zero-order chi connectivity index (χ0) is 15.8. The summed E-state index contributed by atoms with van der Waals surface area (Å²) in [5.74, 6) is -0.839. The molecular weight excluding hydrogens is 277 g/mol. The van der Waals surface area contributed by atoms with Crippen molar-refractivity contribution in [3.8, 4) is 0 Å². The van der Waals surface area contributed by atoms with Crippen LogP contribution in [0.5, 0.6) is 0 Å². The molecular formula is C14H22FN3O3. The lowest BCUT2D eigenvalue weighted by Crippen LogP contribution is -2.33. The number of hydrogen-bond acceptors (Lipinski definition) is 5. The van der Waals surface area contributed by atoms with Crippen molar-refractivity contribution < 1.29 is 19.0 Å². The molecule has 1 unspecified atom stereocenters. The number of aliphatic hydroxyl groups is 1. The molecule has 0 radical (unpaired) electrons. The molecule has 7 heteroatoms. The number of likely N-dealkylation sites (N-methyl/N-ethyl adjacent to an activating group) is 1. The first kappa shape index (κ1) is 17.4. The summed E-state index contributed by atoms with van der Waals surface area (Å²) >= 11 is 0. The highest BCUT2D eigenvalue weighted by Crippen LogP contribution is 2.17. The lowest BCUT2D eigenvalue weighted by Gasteiger charge is -2.19. The van der Waals surface area contributed by atoms with E-state index in [1.807, 2.05) is 0 Å². The third-order valence-corrected chi connectivity index (χ3v) is 2.87. The predicted octanol–water partition coefficient (Wildman–Crippen LogP) is 0.676. The topological polar surface area (TPSA) is 87.8 Å². The van der Waals surface area contributed by atoms with E-state index in [1.54, 1.807) is 11.9 Å². The van der Waals surface area contributed by atoms with Gasteiger partial charge in [0.05, 0.1) is 18.4 Å². The average molecular weight is 299 g/mol. The molecule has 1 rings (SSSR count). The molecule has 0 spiro atoms. The van der Waals surface area contributed by atoms with E-state index < -0.39 is 11.9 Å². The number of hydrogen-bond donors (Lipinski definition) is 3. The Morgan fingerprint density at radius 1 is 1.57 bits per heavy atom. The maximum Gasteiger partial charge on any atom is 0.225 e. The number of nitrogens with zero attached hydrogens (tertiary/aromatic N) is 1. The van der Waals surface area contributed by atoms with Gasteiger partial charge in [-0.1, -0.05) is 0 Å². The number of nitrogens with two attached hydrogens (primary N) is 1. The third kappa shape index (κ3) is 6.52. The number of benzene rings is 1. The average Bonchev–Trinajstić information content (AvgIpc) is 2.41. The molecule has 6 nitrogen and oxygen atoms in total. The second-order valence-corrected chi connectivity index (χ2v) is 4.91. The summed E-state index contributed by atoms with van der Waals surface area (Å²) in [5.41, 5.74) is 6.00. The Morgan fingerprint density at radius 3 is 2.95 bits per heavy atom. The van der Waals surface area contributed by atoms with Crippen LogP contribution in [0, 0.1) is 5.82 Å². The Labute approximate surface area is 123 Å². The molecule has 0 heterocycles. The highest BCUT2D eigenvalue weighted by atomic mass is 19.1. The van der Waals surface area contributed by atoms with Gasteiger partial charge in [-0.15, -0.1) is 0 Å². The van der Waals surface area contributed by atoms with Crippen LogP contribution in [0.15, 0.2) is 18.2 Å². The smallest absolute Gasteiger partial charge is 0.225 e. The van der Waals surface area contributed by atoms with Crippen LogP contribution in [0.3, 0.4) is 0 Å². The highest BCUT2D eigenvalue weighted by molar-refractivity contribution is 5.91. The molecule has 21 heavy (non-hydrogen) atoms. The van der Waals surface area contributed by atoms with Crippen LogP contribution in [-0.2, 0) is 9.53 Å². The first-order valence-corrected chi connectivity index (χ1v) is 6.62. The minimum Gasteiger partial charge on any atom is -0.399 e. The molecule has 118 valence electrons. The van der Waals surface area contributed by atoms with Crippen molar-refractivity contribution in [1.82, 2.24) is 4.90 Å². The predicted molar refractivity (Wildman–Crippen MR) is 79.4 cm³/mol. The number of nitrogens with one attached hydrogen (secondary N) is 1. The summed E-state index contributed by atoms with van der Waals surface area (Å²) in [7, 11) is 3.30. The number of rotatable bonds is 8. The van der Waals surface area contributed by atoms with Gasteiger partial charge < -0.3 is 25.8 Å². The number of nitrogen functional groups attached to an aromatic ring is 1. The molecule has 0 bridgehead atoms. The maximum atomic E-state index is 13.5.